The van der Waals surface area contributed by atoms with E-state index in [2.05, 4.69) is 10.5 Å². The highest BCUT2D eigenvalue weighted by Crippen LogP contribution is 2.22. The van der Waals surface area contributed by atoms with Gasteiger partial charge in [-0.05, 0) is 30.7 Å². The summed E-state index contributed by atoms with van der Waals surface area (Å²) in [5.74, 6) is 0.0703. The minimum atomic E-state index is -0.377. The summed E-state index contributed by atoms with van der Waals surface area (Å²) in [5.41, 5.74) is 4.84. The number of halogens is 1. The van der Waals surface area contributed by atoms with Crippen molar-refractivity contribution < 1.29 is 9.53 Å². The van der Waals surface area contributed by atoms with E-state index in [1.54, 1.807) is 18.3 Å². The number of hydrogen-bond donors (Lipinski definition) is 1. The molecule has 4 nitrogen and oxygen atoms in total. The molecular weight excluding hydrogens is 288 g/mol. The van der Waals surface area contributed by atoms with Crippen LogP contribution < -0.4 is 10.2 Å². The third-order valence-corrected chi connectivity index (χ3v) is 3.06. The van der Waals surface area contributed by atoms with Crippen LogP contribution in [0.2, 0.25) is 5.02 Å². The van der Waals surface area contributed by atoms with E-state index in [0.29, 0.717) is 16.3 Å². The van der Waals surface area contributed by atoms with Gasteiger partial charge in [0.25, 0.3) is 5.91 Å². The van der Waals surface area contributed by atoms with Gasteiger partial charge in [-0.15, -0.1) is 0 Å². The lowest BCUT2D eigenvalue weighted by Crippen LogP contribution is -2.18. The fraction of sp³-hybridized carbons (Fsp3) is 0.125. The Labute approximate surface area is 128 Å². The van der Waals surface area contributed by atoms with Crippen molar-refractivity contribution in [1.82, 2.24) is 5.43 Å². The molecule has 0 saturated heterocycles. The van der Waals surface area contributed by atoms with Gasteiger partial charge in [0.15, 0.2) is 0 Å². The summed E-state index contributed by atoms with van der Waals surface area (Å²) in [6, 6.07) is 12.6. The molecule has 21 heavy (non-hydrogen) atoms. The van der Waals surface area contributed by atoms with Gasteiger partial charge in [-0.25, -0.2) is 5.43 Å². The Kier molecular flexibility index (Phi) is 4.95. The first kappa shape index (κ1) is 15.1. The van der Waals surface area contributed by atoms with E-state index in [1.165, 1.54) is 13.2 Å². The van der Waals surface area contributed by atoms with Crippen molar-refractivity contribution in [2.45, 2.75) is 6.92 Å². The predicted octanol–water partition coefficient (Wildman–Crippen LogP) is 3.42. The van der Waals surface area contributed by atoms with E-state index in [4.69, 9.17) is 16.3 Å². The number of nitrogens with one attached hydrogen (secondary N) is 1. The average Bonchev–Trinajstić information content (AvgIpc) is 2.47. The molecular formula is C16H15ClN2O2. The van der Waals surface area contributed by atoms with Crippen LogP contribution in [0, 0.1) is 6.92 Å². The molecule has 0 fully saturated rings. The molecule has 2 rings (SSSR count). The van der Waals surface area contributed by atoms with Gasteiger partial charge in [0.1, 0.15) is 5.75 Å². The van der Waals surface area contributed by atoms with Gasteiger partial charge in [-0.3, -0.25) is 4.79 Å². The van der Waals surface area contributed by atoms with Gasteiger partial charge in [-0.1, -0.05) is 41.4 Å². The summed E-state index contributed by atoms with van der Waals surface area (Å²) < 4.78 is 5.13. The Morgan fingerprint density at radius 3 is 2.81 bits per heavy atom. The molecule has 2 aromatic carbocycles. The highest BCUT2D eigenvalue weighted by molar-refractivity contribution is 6.31. The summed E-state index contributed by atoms with van der Waals surface area (Å²) in [6.45, 7) is 1.99. The zero-order valence-electron chi connectivity index (χ0n) is 11.8. The molecule has 0 spiro atoms. The van der Waals surface area contributed by atoms with Crippen molar-refractivity contribution in [3.8, 4) is 5.75 Å². The molecule has 0 aliphatic heterocycles. The quantitative estimate of drug-likeness (QED) is 0.695. The first-order valence-corrected chi connectivity index (χ1v) is 6.71. The van der Waals surface area contributed by atoms with Gasteiger partial charge in [0.05, 0.1) is 18.9 Å². The molecule has 108 valence electrons. The number of methoxy groups -OCH3 is 1. The fourth-order valence-electron chi connectivity index (χ4n) is 1.83. The van der Waals surface area contributed by atoms with Crippen LogP contribution in [-0.4, -0.2) is 19.2 Å². The lowest BCUT2D eigenvalue weighted by Gasteiger charge is -2.07. The van der Waals surface area contributed by atoms with Crippen LogP contribution in [0.5, 0.6) is 5.75 Å². The molecule has 1 amide bonds. The smallest absolute Gasteiger partial charge is 0.275 e. The number of hydrazone groups is 1. The van der Waals surface area contributed by atoms with Gasteiger partial charge < -0.3 is 4.74 Å². The summed E-state index contributed by atoms with van der Waals surface area (Å²) in [5, 5.41) is 4.40. The molecule has 1 N–H and O–H groups in total. The van der Waals surface area contributed by atoms with E-state index in [1.807, 2.05) is 31.2 Å². The molecule has 0 unspecified atom stereocenters. The Balaban J connectivity index is 2.10. The Morgan fingerprint density at radius 1 is 1.29 bits per heavy atom. The van der Waals surface area contributed by atoms with Gasteiger partial charge in [0, 0.05) is 5.02 Å². The molecule has 0 atom stereocenters. The van der Waals surface area contributed by atoms with Crippen LogP contribution in [0.3, 0.4) is 0 Å². The number of nitrogens with zero attached hydrogens (tertiary/aromatic N) is 1. The number of rotatable bonds is 4. The van der Waals surface area contributed by atoms with Crippen LogP contribution >= 0.6 is 11.6 Å². The molecule has 2 aromatic rings. The van der Waals surface area contributed by atoms with Crippen molar-refractivity contribution >= 4 is 23.7 Å². The first-order chi connectivity index (χ1) is 10.1. The number of benzene rings is 2. The molecule has 0 heterocycles. The normalized spacial score (nSPS) is 10.6. The molecule has 0 aromatic heterocycles. The van der Waals surface area contributed by atoms with Gasteiger partial charge in [-0.2, -0.15) is 5.10 Å². The maximum absolute atomic E-state index is 12.1. The maximum atomic E-state index is 12.1. The highest BCUT2D eigenvalue weighted by Gasteiger charge is 2.11. The molecule has 0 radical (unpaired) electrons. The number of carbonyl (C=O) groups excluding carboxylic acids is 1. The second-order valence-corrected chi connectivity index (χ2v) is 4.89. The first-order valence-electron chi connectivity index (χ1n) is 6.34. The SMILES string of the molecule is COc1ccc(Cl)cc1C(=O)NN=Cc1cccc(C)c1. The molecule has 5 heteroatoms. The summed E-state index contributed by atoms with van der Waals surface area (Å²) in [6.07, 6.45) is 1.59. The van der Waals surface area contributed by atoms with E-state index in [9.17, 15) is 4.79 Å². The lowest BCUT2D eigenvalue weighted by atomic mass is 10.2. The number of ether oxygens (including phenoxy) is 1. The lowest BCUT2D eigenvalue weighted by molar-refractivity contribution is 0.0952. The standard InChI is InChI=1S/C16H15ClN2O2/c1-11-4-3-5-12(8-11)10-18-19-16(20)14-9-13(17)6-7-15(14)21-2/h3-10H,1-2H3,(H,19,20). The summed E-state index contributed by atoms with van der Waals surface area (Å²) in [4.78, 5) is 12.1. The molecule has 0 aliphatic rings. The van der Waals surface area contributed by atoms with Crippen molar-refractivity contribution in [3.63, 3.8) is 0 Å². The summed E-state index contributed by atoms with van der Waals surface area (Å²) in [7, 11) is 1.50. The highest BCUT2D eigenvalue weighted by atomic mass is 35.5. The Morgan fingerprint density at radius 2 is 2.10 bits per heavy atom. The fourth-order valence-corrected chi connectivity index (χ4v) is 2.01. The van der Waals surface area contributed by atoms with Gasteiger partial charge in [0.2, 0.25) is 0 Å². The Bertz CT molecular complexity index is 684. The van der Waals surface area contributed by atoms with Gasteiger partial charge >= 0.3 is 0 Å². The monoisotopic (exact) mass is 302 g/mol. The third-order valence-electron chi connectivity index (χ3n) is 2.83. The second kappa shape index (κ2) is 6.90. The minimum absolute atomic E-state index is 0.339. The topological polar surface area (TPSA) is 50.7 Å². The zero-order valence-corrected chi connectivity index (χ0v) is 12.5. The Hall–Kier alpha value is -2.33. The van der Waals surface area contributed by atoms with Crippen LogP contribution in [0.25, 0.3) is 0 Å². The van der Waals surface area contributed by atoms with Crippen molar-refractivity contribution in [2.24, 2.45) is 5.10 Å². The molecule has 0 bridgehead atoms. The number of carbonyl (C=O) groups is 1. The van der Waals surface area contributed by atoms with Crippen molar-refractivity contribution in [3.05, 3.63) is 64.2 Å². The number of amides is 1. The number of aryl methyl sites for hydroxylation is 1. The predicted molar refractivity (Wildman–Crippen MR) is 84.2 cm³/mol. The third kappa shape index (κ3) is 4.07. The van der Waals surface area contributed by atoms with Crippen LogP contribution in [0.15, 0.2) is 47.6 Å². The average molecular weight is 303 g/mol. The number of hydrogen-bond acceptors (Lipinski definition) is 3. The summed E-state index contributed by atoms with van der Waals surface area (Å²) >= 11 is 5.89. The van der Waals surface area contributed by atoms with Crippen LogP contribution in [0.1, 0.15) is 21.5 Å². The molecule has 0 saturated carbocycles. The molecule has 0 aliphatic carbocycles. The van der Waals surface area contributed by atoms with E-state index in [0.717, 1.165) is 11.1 Å². The van der Waals surface area contributed by atoms with E-state index in [-0.39, 0.29) is 5.91 Å². The minimum Gasteiger partial charge on any atom is -0.496 e. The van der Waals surface area contributed by atoms with E-state index >= 15 is 0 Å². The zero-order chi connectivity index (χ0) is 15.2. The van der Waals surface area contributed by atoms with Crippen molar-refractivity contribution in [2.75, 3.05) is 7.11 Å². The van der Waals surface area contributed by atoms with E-state index < -0.39 is 0 Å². The second-order valence-electron chi connectivity index (χ2n) is 4.46. The van der Waals surface area contributed by atoms with Crippen LogP contribution in [-0.2, 0) is 0 Å². The van der Waals surface area contributed by atoms with Crippen LogP contribution in [0.4, 0.5) is 0 Å². The van der Waals surface area contributed by atoms with Crippen molar-refractivity contribution in [1.29, 1.82) is 0 Å². The maximum Gasteiger partial charge on any atom is 0.275 e. The largest absolute Gasteiger partial charge is 0.496 e.